The minimum absolute atomic E-state index is 0.0424. The summed E-state index contributed by atoms with van der Waals surface area (Å²) in [5.41, 5.74) is 11.5. The molecule has 0 spiro atoms. The molecule has 0 aromatic heterocycles. The van der Waals surface area contributed by atoms with Crippen LogP contribution in [0.15, 0.2) is 146 Å². The van der Waals surface area contributed by atoms with E-state index in [9.17, 15) is 42.1 Å². The van der Waals surface area contributed by atoms with Crippen molar-refractivity contribution in [1.82, 2.24) is 25.4 Å². The van der Waals surface area contributed by atoms with E-state index in [2.05, 4.69) is 16.5 Å². The van der Waals surface area contributed by atoms with Crippen LogP contribution in [0, 0.1) is 34.6 Å². The Morgan fingerprint density at radius 2 is 0.662 bits per heavy atom. The van der Waals surface area contributed by atoms with Gasteiger partial charge in [-0.15, -0.1) is 9.95 Å². The van der Waals surface area contributed by atoms with Gasteiger partial charge in [0.2, 0.25) is 0 Å². The zero-order valence-electron chi connectivity index (χ0n) is 36.7. The molecule has 0 radical (unpaired) electrons. The zero-order valence-corrected chi connectivity index (χ0v) is 40.8. The Kier molecular flexibility index (Phi) is 15.6. The fourth-order valence-electron chi connectivity index (χ4n) is 7.40. The molecule has 6 rings (SSSR count). The van der Waals surface area contributed by atoms with Crippen LogP contribution in [0.2, 0.25) is 0 Å². The summed E-state index contributed by atoms with van der Waals surface area (Å²) in [6.45, 7) is 7.72. The third kappa shape index (κ3) is 11.6. The second-order valence-corrected chi connectivity index (χ2v) is 26.8. The first-order chi connectivity index (χ1) is 30.5. The van der Waals surface area contributed by atoms with Crippen LogP contribution in [0.25, 0.3) is 0 Å². The van der Waals surface area contributed by atoms with Gasteiger partial charge in [0.15, 0.2) is 29.5 Å². The van der Waals surface area contributed by atoms with Crippen LogP contribution < -0.4 is 16.5 Å². The lowest BCUT2D eigenvalue weighted by Crippen LogP contribution is -2.63. The highest BCUT2D eigenvalue weighted by Gasteiger charge is 2.38. The van der Waals surface area contributed by atoms with Crippen LogP contribution in [0.4, 0.5) is 0 Å². The average molecular weight is 986 g/mol. The second kappa shape index (κ2) is 20.3. The van der Waals surface area contributed by atoms with Gasteiger partial charge in [0.1, 0.15) is 0 Å². The van der Waals surface area contributed by atoms with Gasteiger partial charge in [-0.3, -0.25) is 0 Å². The molecule has 5 aromatic rings. The summed E-state index contributed by atoms with van der Waals surface area (Å²) in [6, 6.07) is 29.9. The first kappa shape index (κ1) is 50.1. The van der Waals surface area contributed by atoms with E-state index in [0.717, 1.165) is 27.8 Å². The smallest absolute Gasteiger partial charge is 0.224 e. The number of hydrogen-bond acceptors (Lipinski definition) is 13. The van der Waals surface area contributed by atoms with E-state index in [-0.39, 0.29) is 56.6 Å². The minimum atomic E-state index is -4.68. The molecule has 3 unspecified atom stereocenters. The summed E-state index contributed by atoms with van der Waals surface area (Å²) >= 11 is 0. The molecule has 15 nitrogen and oxygen atoms in total. The summed E-state index contributed by atoms with van der Waals surface area (Å²) in [6.07, 6.45) is -1.47. The molecule has 1 aliphatic heterocycles. The Balaban J connectivity index is 1.53. The van der Waals surface area contributed by atoms with Crippen molar-refractivity contribution in [3.8, 4) is 0 Å². The highest BCUT2D eigenvalue weighted by molar-refractivity contribution is 7.93. The summed E-state index contributed by atoms with van der Waals surface area (Å²) in [5.74, 6) is 0. The minimum Gasteiger partial charge on any atom is -0.224 e. The lowest BCUT2D eigenvalue weighted by atomic mass is 10.1. The molecule has 5 aromatic carbocycles. The SMILES string of the molecule is Cc1ccc(S(=O)(=O)C2CCC(S(=O)(=O)c3ccc(C)cc3)CCN(S(=O)(=O)c3ccc(C)cc3)NNN(S(=O)(=O)c3ccc(C)cc3)NCC(S(=O)(=O)c3ccc(C)cc3)CC2)cc1. The van der Waals surface area contributed by atoms with Crippen LogP contribution in [0.3, 0.4) is 0 Å². The topological polar surface area (TPSA) is 213 Å². The van der Waals surface area contributed by atoms with Gasteiger partial charge in [0, 0.05) is 13.1 Å². The standard InChI is InChI=1S/C45H55N5O10S5/c1-33-6-16-38(17-7-33)61(51,52)41-26-27-42(62(53,54)39-18-8-34(2)9-19-39)30-31-49(64(57,58)43-22-12-36(4)13-23-43)47-48-50(65(59,60)44-24-14-37(5)15-25-44)46-32-45(29-28-41)63(55,56)40-20-10-35(3)11-21-40/h6-25,41-42,45-48H,26-32H2,1-5H3. The quantitative estimate of drug-likeness (QED) is 0.151. The molecule has 0 aliphatic carbocycles. The monoisotopic (exact) mass is 985 g/mol. The van der Waals surface area contributed by atoms with Gasteiger partial charge >= 0.3 is 0 Å². The van der Waals surface area contributed by atoms with Gasteiger partial charge in [-0.05, 0) is 132 Å². The lowest BCUT2D eigenvalue weighted by Gasteiger charge is -2.30. The Bertz CT molecular complexity index is 2500. The maximum Gasteiger partial charge on any atom is 0.270 e. The highest BCUT2D eigenvalue weighted by Crippen LogP contribution is 2.32. The van der Waals surface area contributed by atoms with Crippen LogP contribution in [-0.4, -0.2) is 79.9 Å². The van der Waals surface area contributed by atoms with E-state index in [1.54, 1.807) is 95.3 Å². The third-order valence-corrected chi connectivity index (χ3v) is 21.6. The van der Waals surface area contributed by atoms with Gasteiger partial charge in [-0.1, -0.05) is 88.5 Å². The second-order valence-electron chi connectivity index (χ2n) is 16.4. The molecule has 3 N–H and O–H groups in total. The van der Waals surface area contributed by atoms with Crippen LogP contribution in [-0.2, 0) is 49.6 Å². The van der Waals surface area contributed by atoms with Gasteiger partial charge in [0.25, 0.3) is 20.0 Å². The number of nitrogens with zero attached hydrogens (tertiary/aromatic N) is 2. The number of hydrazine groups is 4. The molecule has 0 bridgehead atoms. The number of aryl methyl sites for hydroxylation is 5. The van der Waals surface area contributed by atoms with Crippen LogP contribution in [0.1, 0.15) is 59.9 Å². The van der Waals surface area contributed by atoms with Crippen molar-refractivity contribution >= 4 is 49.6 Å². The molecule has 3 atom stereocenters. The van der Waals surface area contributed by atoms with Crippen molar-refractivity contribution in [2.75, 3.05) is 13.1 Å². The number of nitrogens with one attached hydrogen (secondary N) is 3. The number of sulfone groups is 3. The zero-order chi connectivity index (χ0) is 47.4. The molecular weight excluding hydrogens is 931 g/mol. The third-order valence-electron chi connectivity index (χ3n) is 11.5. The molecular formula is C45H55N5O10S5. The molecule has 20 heteroatoms. The first-order valence-electron chi connectivity index (χ1n) is 20.9. The fourth-order valence-corrected chi connectivity index (χ4v) is 14.9. The molecule has 1 aliphatic rings. The Morgan fingerprint density at radius 3 is 1.03 bits per heavy atom. The summed E-state index contributed by atoms with van der Waals surface area (Å²) in [4.78, 5) is -0.653. The molecule has 0 saturated carbocycles. The van der Waals surface area contributed by atoms with E-state index in [1.807, 2.05) is 0 Å². The molecule has 0 amide bonds. The van der Waals surface area contributed by atoms with E-state index < -0.39 is 78.4 Å². The largest absolute Gasteiger partial charge is 0.270 e. The fraction of sp³-hybridized carbons (Fsp3) is 0.333. The van der Waals surface area contributed by atoms with E-state index >= 15 is 0 Å². The summed E-state index contributed by atoms with van der Waals surface area (Å²) in [5, 5.41) is -4.16. The number of hydrogen-bond donors (Lipinski definition) is 3. The van der Waals surface area contributed by atoms with Crippen molar-refractivity contribution in [1.29, 1.82) is 0 Å². The molecule has 65 heavy (non-hydrogen) atoms. The maximum absolute atomic E-state index is 14.6. The van der Waals surface area contributed by atoms with Crippen molar-refractivity contribution < 1.29 is 42.1 Å². The average Bonchev–Trinajstić information content (AvgIpc) is 3.26. The Labute approximate surface area is 384 Å². The van der Waals surface area contributed by atoms with Crippen LogP contribution >= 0.6 is 0 Å². The van der Waals surface area contributed by atoms with E-state index in [4.69, 9.17) is 0 Å². The molecule has 1 heterocycles. The number of benzene rings is 5. The van der Waals surface area contributed by atoms with E-state index in [1.165, 1.54) is 60.7 Å². The summed E-state index contributed by atoms with van der Waals surface area (Å²) < 4.78 is 147. The van der Waals surface area contributed by atoms with Crippen LogP contribution in [0.5, 0.6) is 0 Å². The normalized spacial score (nSPS) is 19.8. The van der Waals surface area contributed by atoms with Gasteiger partial charge in [0.05, 0.1) is 40.2 Å². The lowest BCUT2D eigenvalue weighted by molar-refractivity contribution is 0.127. The van der Waals surface area contributed by atoms with Gasteiger partial charge in [-0.2, -0.15) is 5.53 Å². The Hall–Kier alpha value is -4.35. The van der Waals surface area contributed by atoms with Crippen molar-refractivity contribution in [2.24, 2.45) is 0 Å². The Morgan fingerprint density at radius 1 is 0.369 bits per heavy atom. The van der Waals surface area contributed by atoms with Crippen molar-refractivity contribution in [3.05, 3.63) is 149 Å². The molecule has 1 saturated heterocycles. The predicted molar refractivity (Wildman–Crippen MR) is 249 cm³/mol. The highest BCUT2D eigenvalue weighted by atomic mass is 32.2. The van der Waals surface area contributed by atoms with Gasteiger partial charge in [-0.25, -0.2) is 47.5 Å². The number of sulfonamides is 2. The van der Waals surface area contributed by atoms with Gasteiger partial charge < -0.3 is 0 Å². The first-order valence-corrected chi connectivity index (χ1v) is 28.4. The molecule has 350 valence electrons. The van der Waals surface area contributed by atoms with Crippen molar-refractivity contribution in [3.63, 3.8) is 0 Å². The number of rotatable bonds is 10. The van der Waals surface area contributed by atoms with Crippen molar-refractivity contribution in [2.45, 2.75) is 107 Å². The molecule has 1 fully saturated rings. The predicted octanol–water partition coefficient (Wildman–Crippen LogP) is 5.83. The maximum atomic E-state index is 14.6. The van der Waals surface area contributed by atoms with E-state index in [0.29, 0.717) is 8.94 Å². The summed E-state index contributed by atoms with van der Waals surface area (Å²) in [7, 11) is -22.2.